The minimum Gasteiger partial charge on any atom is -0.327 e. The summed E-state index contributed by atoms with van der Waals surface area (Å²) in [6.07, 6.45) is 7.55. The standard InChI is InChI=1S/C14H25N3S/c1-3-12-9-13(17(2)16-12)8-11(15)10-18-14-6-4-5-7-14/h9,11,14H,3-8,10,15H2,1-2H3. The molecule has 102 valence electrons. The summed E-state index contributed by atoms with van der Waals surface area (Å²) in [7, 11) is 2.02. The minimum absolute atomic E-state index is 0.260. The number of hydrogen-bond donors (Lipinski definition) is 1. The van der Waals surface area contributed by atoms with Gasteiger partial charge in [0.1, 0.15) is 0 Å². The monoisotopic (exact) mass is 267 g/mol. The molecule has 18 heavy (non-hydrogen) atoms. The van der Waals surface area contributed by atoms with Crippen LogP contribution in [0.25, 0.3) is 0 Å². The van der Waals surface area contributed by atoms with Crippen LogP contribution >= 0.6 is 11.8 Å². The number of hydrogen-bond acceptors (Lipinski definition) is 3. The van der Waals surface area contributed by atoms with E-state index in [-0.39, 0.29) is 6.04 Å². The molecule has 1 aliphatic carbocycles. The number of rotatable bonds is 6. The van der Waals surface area contributed by atoms with E-state index in [0.29, 0.717) is 0 Å². The predicted molar refractivity (Wildman–Crippen MR) is 79.0 cm³/mol. The number of nitrogens with two attached hydrogens (primary N) is 1. The van der Waals surface area contributed by atoms with Gasteiger partial charge in [-0.1, -0.05) is 19.8 Å². The van der Waals surface area contributed by atoms with Crippen LogP contribution in [0.4, 0.5) is 0 Å². The van der Waals surface area contributed by atoms with Crippen molar-refractivity contribution in [2.24, 2.45) is 12.8 Å². The Morgan fingerprint density at radius 2 is 2.22 bits per heavy atom. The first-order chi connectivity index (χ1) is 8.69. The summed E-state index contributed by atoms with van der Waals surface area (Å²) >= 11 is 2.08. The highest BCUT2D eigenvalue weighted by Crippen LogP contribution is 2.29. The van der Waals surface area contributed by atoms with Gasteiger partial charge in [0.25, 0.3) is 0 Å². The molecule has 1 atom stereocenters. The Labute approximate surface area is 115 Å². The van der Waals surface area contributed by atoms with Crippen molar-refractivity contribution in [3.63, 3.8) is 0 Å². The second-order valence-electron chi connectivity index (χ2n) is 5.31. The molecule has 1 aromatic heterocycles. The lowest BCUT2D eigenvalue weighted by Crippen LogP contribution is -2.27. The molecule has 0 aromatic carbocycles. The fourth-order valence-electron chi connectivity index (χ4n) is 2.58. The third-order valence-corrected chi connectivity index (χ3v) is 5.27. The molecule has 1 heterocycles. The van der Waals surface area contributed by atoms with Gasteiger partial charge in [-0.05, 0) is 25.3 Å². The Hall–Kier alpha value is -0.480. The van der Waals surface area contributed by atoms with E-state index in [1.807, 2.05) is 11.7 Å². The van der Waals surface area contributed by atoms with Crippen LogP contribution in [0, 0.1) is 0 Å². The molecule has 0 bridgehead atoms. The fourth-order valence-corrected chi connectivity index (χ4v) is 3.88. The summed E-state index contributed by atoms with van der Waals surface area (Å²) in [6.45, 7) is 2.14. The van der Waals surface area contributed by atoms with Crippen LogP contribution in [-0.2, 0) is 19.9 Å². The van der Waals surface area contributed by atoms with Crippen LogP contribution in [-0.4, -0.2) is 26.8 Å². The van der Waals surface area contributed by atoms with Gasteiger partial charge in [0.05, 0.1) is 5.69 Å². The summed E-state index contributed by atoms with van der Waals surface area (Å²) in [4.78, 5) is 0. The zero-order chi connectivity index (χ0) is 13.0. The molecule has 1 aromatic rings. The molecule has 2 rings (SSSR count). The van der Waals surface area contributed by atoms with E-state index in [1.165, 1.54) is 37.1 Å². The first-order valence-corrected chi connectivity index (χ1v) is 8.13. The molecule has 1 aliphatic rings. The molecule has 0 saturated heterocycles. The average molecular weight is 267 g/mol. The van der Waals surface area contributed by atoms with E-state index in [1.54, 1.807) is 0 Å². The van der Waals surface area contributed by atoms with Gasteiger partial charge in [0.15, 0.2) is 0 Å². The molecule has 2 N–H and O–H groups in total. The third kappa shape index (κ3) is 3.75. The summed E-state index contributed by atoms with van der Waals surface area (Å²) in [5, 5.41) is 5.34. The van der Waals surface area contributed by atoms with Gasteiger partial charge in [-0.15, -0.1) is 0 Å². The highest BCUT2D eigenvalue weighted by atomic mass is 32.2. The van der Waals surface area contributed by atoms with Gasteiger partial charge in [0, 0.05) is 36.2 Å². The van der Waals surface area contributed by atoms with Gasteiger partial charge >= 0.3 is 0 Å². The van der Waals surface area contributed by atoms with Gasteiger partial charge in [0.2, 0.25) is 0 Å². The Bertz CT molecular complexity index is 369. The second kappa shape index (κ2) is 6.62. The van der Waals surface area contributed by atoms with Crippen LogP contribution < -0.4 is 5.73 Å². The van der Waals surface area contributed by atoms with Crippen LogP contribution in [0.2, 0.25) is 0 Å². The normalized spacial score (nSPS) is 18.4. The lowest BCUT2D eigenvalue weighted by Gasteiger charge is -2.14. The average Bonchev–Trinajstić information content (AvgIpc) is 2.97. The number of nitrogens with zero attached hydrogens (tertiary/aromatic N) is 2. The van der Waals surface area contributed by atoms with Crippen LogP contribution in [0.5, 0.6) is 0 Å². The zero-order valence-corrected chi connectivity index (χ0v) is 12.4. The van der Waals surface area contributed by atoms with Crippen molar-refractivity contribution in [2.75, 3.05) is 5.75 Å². The van der Waals surface area contributed by atoms with E-state index in [2.05, 4.69) is 29.9 Å². The van der Waals surface area contributed by atoms with Gasteiger partial charge in [-0.25, -0.2) is 0 Å². The van der Waals surface area contributed by atoms with E-state index in [4.69, 9.17) is 5.73 Å². The van der Waals surface area contributed by atoms with Crippen molar-refractivity contribution < 1.29 is 0 Å². The van der Waals surface area contributed by atoms with Crippen molar-refractivity contribution in [1.82, 2.24) is 9.78 Å². The molecular weight excluding hydrogens is 242 g/mol. The van der Waals surface area contributed by atoms with Crippen molar-refractivity contribution in [3.05, 3.63) is 17.5 Å². The first kappa shape index (κ1) is 13.9. The van der Waals surface area contributed by atoms with Crippen molar-refractivity contribution in [1.29, 1.82) is 0 Å². The summed E-state index contributed by atoms with van der Waals surface area (Å²) in [5.74, 6) is 1.08. The third-order valence-electron chi connectivity index (χ3n) is 3.71. The molecule has 1 unspecified atom stereocenters. The van der Waals surface area contributed by atoms with Crippen molar-refractivity contribution in [3.8, 4) is 0 Å². The van der Waals surface area contributed by atoms with E-state index in [0.717, 1.165) is 23.8 Å². The van der Waals surface area contributed by atoms with Crippen LogP contribution in [0.1, 0.15) is 44.0 Å². The number of thioether (sulfide) groups is 1. The minimum atomic E-state index is 0.260. The molecule has 0 amide bonds. The van der Waals surface area contributed by atoms with E-state index >= 15 is 0 Å². The van der Waals surface area contributed by atoms with Gasteiger partial charge in [-0.2, -0.15) is 16.9 Å². The molecular formula is C14H25N3S. The molecule has 1 saturated carbocycles. The molecule has 0 radical (unpaired) electrons. The van der Waals surface area contributed by atoms with E-state index < -0.39 is 0 Å². The zero-order valence-electron chi connectivity index (χ0n) is 11.6. The maximum absolute atomic E-state index is 6.24. The Morgan fingerprint density at radius 3 is 2.83 bits per heavy atom. The quantitative estimate of drug-likeness (QED) is 0.861. The van der Waals surface area contributed by atoms with Crippen LogP contribution in [0.3, 0.4) is 0 Å². The lowest BCUT2D eigenvalue weighted by molar-refractivity contribution is 0.650. The maximum Gasteiger partial charge on any atom is 0.0624 e. The number of aryl methyl sites for hydroxylation is 2. The van der Waals surface area contributed by atoms with Gasteiger partial charge < -0.3 is 5.73 Å². The predicted octanol–water partition coefficient (Wildman–Crippen LogP) is 2.53. The first-order valence-electron chi connectivity index (χ1n) is 7.08. The Kier molecular flexibility index (Phi) is 5.13. The molecule has 1 fully saturated rings. The molecule has 4 heteroatoms. The SMILES string of the molecule is CCc1cc(CC(N)CSC2CCCC2)n(C)n1. The molecule has 3 nitrogen and oxygen atoms in total. The van der Waals surface area contributed by atoms with Crippen molar-refractivity contribution in [2.45, 2.75) is 56.7 Å². The summed E-state index contributed by atoms with van der Waals surface area (Å²) in [5.41, 5.74) is 8.68. The summed E-state index contributed by atoms with van der Waals surface area (Å²) in [6, 6.07) is 2.45. The van der Waals surface area contributed by atoms with E-state index in [9.17, 15) is 0 Å². The topological polar surface area (TPSA) is 43.8 Å². The molecule has 0 aliphatic heterocycles. The maximum atomic E-state index is 6.24. The largest absolute Gasteiger partial charge is 0.327 e. The van der Waals surface area contributed by atoms with Crippen molar-refractivity contribution >= 4 is 11.8 Å². The molecule has 0 spiro atoms. The summed E-state index contributed by atoms with van der Waals surface area (Å²) < 4.78 is 1.99. The Morgan fingerprint density at radius 1 is 1.50 bits per heavy atom. The lowest BCUT2D eigenvalue weighted by atomic mass is 10.2. The van der Waals surface area contributed by atoms with Crippen LogP contribution in [0.15, 0.2) is 6.07 Å². The highest BCUT2D eigenvalue weighted by molar-refractivity contribution is 7.99. The van der Waals surface area contributed by atoms with Gasteiger partial charge in [-0.3, -0.25) is 4.68 Å². The fraction of sp³-hybridized carbons (Fsp3) is 0.786. The second-order valence-corrected chi connectivity index (χ2v) is 6.64. The highest BCUT2D eigenvalue weighted by Gasteiger charge is 2.17. The smallest absolute Gasteiger partial charge is 0.0624 e. The number of aromatic nitrogens is 2. The Balaban J connectivity index is 1.78.